The molecule has 1 aliphatic carbocycles. The van der Waals surface area contributed by atoms with Crippen molar-refractivity contribution in [2.75, 3.05) is 23.2 Å². The van der Waals surface area contributed by atoms with Crippen LogP contribution in [0.2, 0.25) is 0 Å². The van der Waals surface area contributed by atoms with Gasteiger partial charge in [0.15, 0.2) is 26.5 Å². The van der Waals surface area contributed by atoms with Crippen LogP contribution in [0.4, 0.5) is 5.69 Å². The van der Waals surface area contributed by atoms with Crippen LogP contribution >= 0.6 is 11.8 Å². The number of carbonyl (C=O) groups excluding carboxylic acids is 1. The van der Waals surface area contributed by atoms with Gasteiger partial charge in [0.25, 0.3) is 5.91 Å². The Hall–Kier alpha value is -1.74. The van der Waals surface area contributed by atoms with E-state index in [0.717, 1.165) is 18.5 Å². The van der Waals surface area contributed by atoms with Crippen LogP contribution in [-0.4, -0.2) is 49.1 Å². The zero-order chi connectivity index (χ0) is 17.2. The highest BCUT2D eigenvalue weighted by Crippen LogP contribution is 2.44. The molecule has 1 aromatic rings. The molecule has 4 aliphatic rings. The molecule has 25 heavy (non-hydrogen) atoms. The van der Waals surface area contributed by atoms with Crippen molar-refractivity contribution in [1.29, 1.82) is 0 Å². The van der Waals surface area contributed by atoms with E-state index in [1.54, 1.807) is 6.07 Å². The lowest BCUT2D eigenvalue weighted by Gasteiger charge is -2.24. The van der Waals surface area contributed by atoms with Gasteiger partial charge in [0.2, 0.25) is 6.79 Å². The SMILES string of the molecule is O=C(N=C1S[C@H]2CS(=O)(=O)C[C@@H]2N1c1ccc2c(c1)OCO2)C1CC1. The van der Waals surface area contributed by atoms with Crippen molar-refractivity contribution in [2.24, 2.45) is 10.9 Å². The molecule has 0 aromatic heterocycles. The summed E-state index contributed by atoms with van der Waals surface area (Å²) in [5.41, 5.74) is 0.781. The molecule has 2 atom stereocenters. The first-order valence-corrected chi connectivity index (χ1v) is 10.9. The van der Waals surface area contributed by atoms with E-state index in [1.165, 1.54) is 11.8 Å². The number of hydrogen-bond acceptors (Lipinski definition) is 6. The van der Waals surface area contributed by atoms with Gasteiger partial charge in [-0.3, -0.25) is 4.79 Å². The Morgan fingerprint density at radius 3 is 2.80 bits per heavy atom. The van der Waals surface area contributed by atoms with Crippen molar-refractivity contribution in [2.45, 2.75) is 24.1 Å². The lowest BCUT2D eigenvalue weighted by Crippen LogP contribution is -2.37. The molecule has 3 fully saturated rings. The minimum atomic E-state index is -3.07. The summed E-state index contributed by atoms with van der Waals surface area (Å²) in [5.74, 6) is 1.43. The summed E-state index contributed by atoms with van der Waals surface area (Å²) < 4.78 is 34.9. The van der Waals surface area contributed by atoms with Crippen LogP contribution in [0.25, 0.3) is 0 Å². The first-order valence-electron chi connectivity index (χ1n) is 8.19. The highest BCUT2D eigenvalue weighted by molar-refractivity contribution is 8.16. The highest BCUT2D eigenvalue weighted by atomic mass is 32.2. The summed E-state index contributed by atoms with van der Waals surface area (Å²) in [6.45, 7) is 0.176. The van der Waals surface area contributed by atoms with Crippen LogP contribution < -0.4 is 14.4 Å². The number of amidine groups is 1. The van der Waals surface area contributed by atoms with Gasteiger partial charge >= 0.3 is 0 Å². The molecular weight excluding hydrogens is 364 g/mol. The second kappa shape index (κ2) is 5.38. The van der Waals surface area contributed by atoms with Crippen molar-refractivity contribution in [1.82, 2.24) is 0 Å². The third kappa shape index (κ3) is 2.69. The molecule has 1 aromatic carbocycles. The van der Waals surface area contributed by atoms with Gasteiger partial charge in [-0.2, -0.15) is 4.99 Å². The van der Waals surface area contributed by atoms with Crippen LogP contribution in [-0.2, 0) is 14.6 Å². The second-order valence-electron chi connectivity index (χ2n) is 6.72. The molecule has 5 rings (SSSR count). The molecule has 0 unspecified atom stereocenters. The summed E-state index contributed by atoms with van der Waals surface area (Å²) in [5, 5.41) is 0.502. The number of benzene rings is 1. The Bertz CT molecular complexity index is 894. The van der Waals surface area contributed by atoms with Crippen LogP contribution in [0.15, 0.2) is 23.2 Å². The molecule has 3 heterocycles. The number of fused-ring (bicyclic) bond motifs is 2. The molecule has 0 spiro atoms. The number of sulfone groups is 1. The van der Waals surface area contributed by atoms with Crippen molar-refractivity contribution in [3.63, 3.8) is 0 Å². The van der Waals surface area contributed by atoms with Gasteiger partial charge in [-0.25, -0.2) is 8.42 Å². The van der Waals surface area contributed by atoms with Crippen LogP contribution in [0.5, 0.6) is 11.5 Å². The Balaban J connectivity index is 1.54. The largest absolute Gasteiger partial charge is 0.454 e. The number of thioether (sulfide) groups is 1. The minimum absolute atomic E-state index is 0.0378. The first-order chi connectivity index (χ1) is 12.0. The molecule has 1 saturated carbocycles. The fourth-order valence-corrected chi connectivity index (χ4v) is 7.34. The number of anilines is 1. The Morgan fingerprint density at radius 2 is 2.00 bits per heavy atom. The van der Waals surface area contributed by atoms with Crippen molar-refractivity contribution in [3.05, 3.63) is 18.2 Å². The van der Waals surface area contributed by atoms with Crippen molar-refractivity contribution < 1.29 is 22.7 Å². The molecule has 9 heteroatoms. The lowest BCUT2D eigenvalue weighted by atomic mass is 10.2. The van der Waals surface area contributed by atoms with Gasteiger partial charge in [-0.15, -0.1) is 0 Å². The Morgan fingerprint density at radius 1 is 1.20 bits per heavy atom. The van der Waals surface area contributed by atoms with E-state index < -0.39 is 9.84 Å². The van der Waals surface area contributed by atoms with Gasteiger partial charge < -0.3 is 14.4 Å². The molecular formula is C16H16N2O5S2. The maximum Gasteiger partial charge on any atom is 0.251 e. The topological polar surface area (TPSA) is 85.3 Å². The van der Waals surface area contributed by atoms with E-state index in [1.807, 2.05) is 17.0 Å². The number of nitrogens with zero attached hydrogens (tertiary/aromatic N) is 2. The minimum Gasteiger partial charge on any atom is -0.454 e. The first kappa shape index (κ1) is 15.5. The number of amides is 1. The molecule has 0 bridgehead atoms. The van der Waals surface area contributed by atoms with Crippen LogP contribution in [0.1, 0.15) is 12.8 Å². The van der Waals surface area contributed by atoms with E-state index in [4.69, 9.17) is 9.47 Å². The maximum atomic E-state index is 12.2. The fraction of sp³-hybridized carbons (Fsp3) is 0.500. The zero-order valence-electron chi connectivity index (χ0n) is 13.3. The molecule has 7 nitrogen and oxygen atoms in total. The maximum absolute atomic E-state index is 12.2. The van der Waals surface area contributed by atoms with Crippen molar-refractivity contribution >= 4 is 38.4 Å². The number of ether oxygens (including phenoxy) is 2. The summed E-state index contributed by atoms with van der Waals surface area (Å²) in [6.07, 6.45) is 1.79. The number of carbonyl (C=O) groups is 1. The molecule has 132 valence electrons. The van der Waals surface area contributed by atoms with Gasteiger partial charge in [0.1, 0.15) is 0 Å². The van der Waals surface area contributed by atoms with E-state index >= 15 is 0 Å². The molecule has 3 aliphatic heterocycles. The third-order valence-corrected chi connectivity index (χ3v) is 8.04. The fourth-order valence-electron chi connectivity index (χ4n) is 3.42. The zero-order valence-corrected chi connectivity index (χ0v) is 14.9. The van der Waals surface area contributed by atoms with Crippen LogP contribution in [0, 0.1) is 5.92 Å². The average Bonchev–Trinajstić information content (AvgIpc) is 3.13. The molecule has 1 amide bonds. The Kier molecular flexibility index (Phi) is 3.34. The second-order valence-corrected chi connectivity index (χ2v) is 10.1. The number of aliphatic imine (C=N–C) groups is 1. The van der Waals surface area contributed by atoms with Crippen molar-refractivity contribution in [3.8, 4) is 11.5 Å². The number of hydrogen-bond donors (Lipinski definition) is 0. The standard InChI is InChI=1S/C16H16N2O5S2/c19-15(9-1-2-9)17-16-18(11-6-25(20,21)7-14(11)24-16)10-3-4-12-13(5-10)23-8-22-12/h3-5,9,11,14H,1-2,6-8H2/t11-,14-/m0/s1. The van der Waals surface area contributed by atoms with Gasteiger partial charge in [-0.05, 0) is 25.0 Å². The lowest BCUT2D eigenvalue weighted by molar-refractivity contribution is -0.118. The summed E-state index contributed by atoms with van der Waals surface area (Å²) >= 11 is 1.40. The average molecular weight is 380 g/mol. The van der Waals surface area contributed by atoms with Gasteiger partial charge in [0, 0.05) is 22.9 Å². The summed E-state index contributed by atoms with van der Waals surface area (Å²) in [6, 6.07) is 5.28. The van der Waals surface area contributed by atoms with Gasteiger partial charge in [-0.1, -0.05) is 11.8 Å². The van der Waals surface area contributed by atoms with E-state index in [2.05, 4.69) is 4.99 Å². The van der Waals surface area contributed by atoms with E-state index in [0.29, 0.717) is 16.7 Å². The smallest absolute Gasteiger partial charge is 0.251 e. The van der Waals surface area contributed by atoms with Gasteiger partial charge in [0.05, 0.1) is 17.5 Å². The predicted octanol–water partition coefficient (Wildman–Crippen LogP) is 1.43. The molecule has 0 N–H and O–H groups in total. The summed E-state index contributed by atoms with van der Waals surface area (Å²) in [7, 11) is -3.07. The Labute approximate surface area is 149 Å². The van der Waals surface area contributed by atoms with Crippen LogP contribution in [0.3, 0.4) is 0 Å². The van der Waals surface area contributed by atoms with E-state index in [9.17, 15) is 13.2 Å². The highest BCUT2D eigenvalue weighted by Gasteiger charge is 2.50. The molecule has 0 radical (unpaired) electrons. The predicted molar refractivity (Wildman–Crippen MR) is 94.0 cm³/mol. The quantitative estimate of drug-likeness (QED) is 0.767. The number of rotatable bonds is 2. The summed E-state index contributed by atoms with van der Waals surface area (Å²) in [4.78, 5) is 18.4. The monoisotopic (exact) mass is 380 g/mol. The normalized spacial score (nSPS) is 30.7. The molecule has 2 saturated heterocycles. The third-order valence-electron chi connectivity index (χ3n) is 4.83. The van der Waals surface area contributed by atoms with E-state index in [-0.39, 0.29) is 41.4 Å².